The highest BCUT2D eigenvalue weighted by molar-refractivity contribution is 7.99. The minimum atomic E-state index is 0.309. The van der Waals surface area contributed by atoms with Crippen LogP contribution in [0.25, 0.3) is 0 Å². The number of nitrogens with zero attached hydrogens (tertiary/aromatic N) is 3. The molecule has 0 spiro atoms. The first kappa shape index (κ1) is 12.6. The maximum absolute atomic E-state index is 5.04. The van der Waals surface area contributed by atoms with E-state index in [1.165, 1.54) is 24.4 Å². The van der Waals surface area contributed by atoms with Crippen molar-refractivity contribution >= 4 is 17.7 Å². The fraction of sp³-hybridized carbons (Fsp3) is 0.250. The third-order valence-corrected chi connectivity index (χ3v) is 3.10. The Hall–Kier alpha value is -1.82. The van der Waals surface area contributed by atoms with Gasteiger partial charge in [0.2, 0.25) is 11.1 Å². The number of anilines is 1. The predicted octanol–water partition coefficient (Wildman–Crippen LogP) is 2.38. The molecule has 0 fully saturated rings. The highest BCUT2D eigenvalue weighted by Crippen LogP contribution is 2.26. The zero-order valence-corrected chi connectivity index (χ0v) is 11.3. The lowest BCUT2D eigenvalue weighted by Crippen LogP contribution is -2.02. The molecule has 1 N–H and O–H groups in total. The molecule has 18 heavy (non-hydrogen) atoms. The van der Waals surface area contributed by atoms with E-state index in [1.54, 1.807) is 7.05 Å². The molecule has 0 amide bonds. The van der Waals surface area contributed by atoms with Gasteiger partial charge in [0.15, 0.2) is 0 Å². The molecule has 0 saturated carbocycles. The largest absolute Gasteiger partial charge is 0.467 e. The maximum atomic E-state index is 5.04. The summed E-state index contributed by atoms with van der Waals surface area (Å²) < 4.78 is 5.04. The third-order valence-electron chi connectivity index (χ3n) is 2.23. The Morgan fingerprint density at radius 2 is 1.83 bits per heavy atom. The molecule has 0 bridgehead atoms. The Morgan fingerprint density at radius 1 is 1.11 bits per heavy atom. The second kappa shape index (κ2) is 5.68. The van der Waals surface area contributed by atoms with Crippen LogP contribution in [-0.4, -0.2) is 29.1 Å². The summed E-state index contributed by atoms with van der Waals surface area (Å²) in [4.78, 5) is 13.6. The number of hydrogen-bond donors (Lipinski definition) is 1. The number of benzene rings is 1. The molecule has 1 aromatic carbocycles. The van der Waals surface area contributed by atoms with Gasteiger partial charge in [-0.05, 0) is 30.8 Å². The fourth-order valence-electron chi connectivity index (χ4n) is 1.30. The van der Waals surface area contributed by atoms with E-state index in [1.807, 2.05) is 12.1 Å². The van der Waals surface area contributed by atoms with Crippen molar-refractivity contribution in [2.24, 2.45) is 0 Å². The van der Waals surface area contributed by atoms with Gasteiger partial charge in [-0.25, -0.2) is 0 Å². The summed E-state index contributed by atoms with van der Waals surface area (Å²) in [6.07, 6.45) is 0. The molecular weight excluding hydrogens is 248 g/mol. The molecule has 0 aliphatic heterocycles. The molecule has 0 atom stereocenters. The molecule has 0 aliphatic rings. The predicted molar refractivity (Wildman–Crippen MR) is 71.2 cm³/mol. The molecule has 1 aromatic heterocycles. The quantitative estimate of drug-likeness (QED) is 0.913. The van der Waals surface area contributed by atoms with Gasteiger partial charge in [-0.15, -0.1) is 0 Å². The van der Waals surface area contributed by atoms with Crippen LogP contribution in [0.2, 0.25) is 0 Å². The van der Waals surface area contributed by atoms with Crippen molar-refractivity contribution in [1.82, 2.24) is 15.0 Å². The van der Waals surface area contributed by atoms with E-state index in [4.69, 9.17) is 4.74 Å². The monoisotopic (exact) mass is 262 g/mol. The van der Waals surface area contributed by atoms with Gasteiger partial charge in [0.05, 0.1) is 7.11 Å². The van der Waals surface area contributed by atoms with Crippen LogP contribution in [0.3, 0.4) is 0 Å². The molecule has 94 valence electrons. The van der Waals surface area contributed by atoms with Crippen molar-refractivity contribution in [2.45, 2.75) is 17.0 Å². The summed E-state index contributed by atoms with van der Waals surface area (Å²) in [5, 5.41) is 3.49. The first-order chi connectivity index (χ1) is 8.71. The van der Waals surface area contributed by atoms with Gasteiger partial charge in [0, 0.05) is 11.9 Å². The van der Waals surface area contributed by atoms with Gasteiger partial charge >= 0.3 is 6.01 Å². The summed E-state index contributed by atoms with van der Waals surface area (Å²) in [5.74, 6) is 0.497. The van der Waals surface area contributed by atoms with Crippen molar-refractivity contribution in [3.8, 4) is 6.01 Å². The topological polar surface area (TPSA) is 59.9 Å². The molecule has 0 saturated heterocycles. The van der Waals surface area contributed by atoms with Crippen LogP contribution in [0.5, 0.6) is 6.01 Å². The zero-order chi connectivity index (χ0) is 13.0. The van der Waals surface area contributed by atoms with Crippen LogP contribution in [0, 0.1) is 6.92 Å². The smallest absolute Gasteiger partial charge is 0.321 e. The van der Waals surface area contributed by atoms with Crippen LogP contribution < -0.4 is 10.1 Å². The van der Waals surface area contributed by atoms with Crippen molar-refractivity contribution in [1.29, 1.82) is 0 Å². The minimum Gasteiger partial charge on any atom is -0.467 e. The van der Waals surface area contributed by atoms with Gasteiger partial charge < -0.3 is 10.1 Å². The molecule has 5 nitrogen and oxygen atoms in total. The molecular formula is C12H14N4OS. The lowest BCUT2D eigenvalue weighted by atomic mass is 10.2. The van der Waals surface area contributed by atoms with E-state index < -0.39 is 0 Å². The van der Waals surface area contributed by atoms with E-state index in [0.29, 0.717) is 17.1 Å². The van der Waals surface area contributed by atoms with Crippen LogP contribution in [0.15, 0.2) is 34.3 Å². The Kier molecular flexibility index (Phi) is 3.99. The number of nitrogens with one attached hydrogen (secondary N) is 1. The van der Waals surface area contributed by atoms with Crippen LogP contribution in [0.1, 0.15) is 5.56 Å². The van der Waals surface area contributed by atoms with Crippen LogP contribution >= 0.6 is 11.8 Å². The molecule has 2 aromatic rings. The highest BCUT2D eigenvalue weighted by atomic mass is 32.2. The van der Waals surface area contributed by atoms with E-state index in [9.17, 15) is 0 Å². The molecule has 0 radical (unpaired) electrons. The van der Waals surface area contributed by atoms with Gasteiger partial charge in [-0.2, -0.15) is 15.0 Å². The van der Waals surface area contributed by atoms with Crippen molar-refractivity contribution in [3.63, 3.8) is 0 Å². The maximum Gasteiger partial charge on any atom is 0.321 e. The van der Waals surface area contributed by atoms with E-state index in [0.717, 1.165) is 4.90 Å². The van der Waals surface area contributed by atoms with E-state index >= 15 is 0 Å². The number of rotatable bonds is 4. The summed E-state index contributed by atoms with van der Waals surface area (Å²) in [7, 11) is 3.30. The van der Waals surface area contributed by atoms with Crippen LogP contribution in [0.4, 0.5) is 5.95 Å². The average molecular weight is 262 g/mol. The SMILES string of the molecule is CNc1nc(OC)nc(Sc2ccc(C)cc2)n1. The first-order valence-corrected chi connectivity index (χ1v) is 6.25. The summed E-state index contributed by atoms with van der Waals surface area (Å²) >= 11 is 1.47. The van der Waals surface area contributed by atoms with Gasteiger partial charge in [-0.3, -0.25) is 0 Å². The Balaban J connectivity index is 2.25. The number of methoxy groups -OCH3 is 1. The van der Waals surface area contributed by atoms with Crippen molar-refractivity contribution in [2.75, 3.05) is 19.5 Å². The molecule has 6 heteroatoms. The Labute approximate surface area is 110 Å². The summed E-state index contributed by atoms with van der Waals surface area (Å²) in [5.41, 5.74) is 1.23. The molecule has 0 aliphatic carbocycles. The standard InChI is InChI=1S/C12H14N4OS/c1-8-4-6-9(7-5-8)18-12-15-10(13-2)14-11(16-12)17-3/h4-7H,1-3H3,(H,13,14,15,16). The molecule has 2 rings (SSSR count). The van der Waals surface area contributed by atoms with Crippen molar-refractivity contribution in [3.05, 3.63) is 29.8 Å². The normalized spacial score (nSPS) is 10.2. The molecule has 0 unspecified atom stereocenters. The number of aromatic nitrogens is 3. The molecule has 1 heterocycles. The fourth-order valence-corrected chi connectivity index (χ4v) is 2.04. The number of hydrogen-bond acceptors (Lipinski definition) is 6. The zero-order valence-electron chi connectivity index (χ0n) is 10.5. The third kappa shape index (κ3) is 3.10. The van der Waals surface area contributed by atoms with Crippen LogP contribution in [-0.2, 0) is 0 Å². The lowest BCUT2D eigenvalue weighted by molar-refractivity contribution is 0.374. The summed E-state index contributed by atoms with van der Waals surface area (Å²) in [6.45, 7) is 2.06. The van der Waals surface area contributed by atoms with E-state index in [2.05, 4.69) is 39.3 Å². The van der Waals surface area contributed by atoms with Gasteiger partial charge in [0.1, 0.15) is 0 Å². The Bertz CT molecular complexity index is 508. The number of ether oxygens (including phenoxy) is 1. The second-order valence-corrected chi connectivity index (χ2v) is 4.63. The number of aryl methyl sites for hydroxylation is 1. The minimum absolute atomic E-state index is 0.309. The lowest BCUT2D eigenvalue weighted by Gasteiger charge is -2.05. The van der Waals surface area contributed by atoms with Gasteiger partial charge in [-0.1, -0.05) is 17.7 Å². The Morgan fingerprint density at radius 3 is 2.44 bits per heavy atom. The van der Waals surface area contributed by atoms with Gasteiger partial charge in [0.25, 0.3) is 0 Å². The first-order valence-electron chi connectivity index (χ1n) is 5.43. The second-order valence-electron chi connectivity index (χ2n) is 3.59. The highest BCUT2D eigenvalue weighted by Gasteiger charge is 2.07. The van der Waals surface area contributed by atoms with E-state index in [-0.39, 0.29) is 0 Å². The summed E-state index contributed by atoms with van der Waals surface area (Å²) in [6, 6.07) is 8.49. The van der Waals surface area contributed by atoms with Crippen molar-refractivity contribution < 1.29 is 4.74 Å². The average Bonchev–Trinajstić information content (AvgIpc) is 2.41.